The molecular formula is C58H112O6. The summed E-state index contributed by atoms with van der Waals surface area (Å²) < 4.78 is 16.9. The van der Waals surface area contributed by atoms with Gasteiger partial charge in [0.15, 0.2) is 6.10 Å². The monoisotopic (exact) mass is 905 g/mol. The first-order valence-electron chi connectivity index (χ1n) is 28.9. The summed E-state index contributed by atoms with van der Waals surface area (Å²) in [5.74, 6) is -0.00202. The quantitative estimate of drug-likeness (QED) is 0.0344. The van der Waals surface area contributed by atoms with E-state index >= 15 is 0 Å². The summed E-state index contributed by atoms with van der Waals surface area (Å²) in [6.07, 6.45) is 56.6. The number of hydrogen-bond acceptors (Lipinski definition) is 6. The summed E-state index contributed by atoms with van der Waals surface area (Å²) >= 11 is 0. The van der Waals surface area contributed by atoms with Gasteiger partial charge in [0.2, 0.25) is 0 Å². The molecule has 1 atom stereocenters. The Hall–Kier alpha value is -1.59. The van der Waals surface area contributed by atoms with Crippen LogP contribution in [0.1, 0.15) is 329 Å². The zero-order valence-electron chi connectivity index (χ0n) is 43.8. The van der Waals surface area contributed by atoms with Crippen LogP contribution in [0.4, 0.5) is 0 Å². The Labute approximate surface area is 399 Å². The molecule has 0 aromatic carbocycles. The second-order valence-electron chi connectivity index (χ2n) is 20.4. The van der Waals surface area contributed by atoms with Crippen molar-refractivity contribution in [2.45, 2.75) is 336 Å². The molecule has 0 aromatic rings. The minimum absolute atomic E-state index is 0.0619. The van der Waals surface area contributed by atoms with Crippen LogP contribution in [0.5, 0.6) is 0 Å². The first kappa shape index (κ1) is 62.4. The van der Waals surface area contributed by atoms with E-state index in [2.05, 4.69) is 27.7 Å². The van der Waals surface area contributed by atoms with E-state index in [0.717, 1.165) is 63.7 Å². The summed E-state index contributed by atoms with van der Waals surface area (Å²) in [5.41, 5.74) is 0. The van der Waals surface area contributed by atoms with E-state index < -0.39 is 6.10 Å². The normalized spacial score (nSPS) is 12.0. The highest BCUT2D eigenvalue weighted by molar-refractivity contribution is 5.71. The van der Waals surface area contributed by atoms with Gasteiger partial charge in [-0.05, 0) is 25.2 Å². The molecule has 6 heteroatoms. The van der Waals surface area contributed by atoms with Gasteiger partial charge in [0.25, 0.3) is 0 Å². The molecule has 0 N–H and O–H groups in total. The molecule has 0 bridgehead atoms. The molecule has 0 aromatic heterocycles. The second kappa shape index (κ2) is 52.4. The Kier molecular flexibility index (Phi) is 51.1. The molecule has 0 aliphatic carbocycles. The number of rotatable bonds is 53. The van der Waals surface area contributed by atoms with Gasteiger partial charge < -0.3 is 14.2 Å². The van der Waals surface area contributed by atoms with Gasteiger partial charge in [-0.1, -0.05) is 291 Å². The summed E-state index contributed by atoms with van der Waals surface area (Å²) in [7, 11) is 0. The molecule has 6 nitrogen and oxygen atoms in total. The van der Waals surface area contributed by atoms with Crippen molar-refractivity contribution in [2.75, 3.05) is 13.2 Å². The highest BCUT2D eigenvalue weighted by atomic mass is 16.6. The van der Waals surface area contributed by atoms with Gasteiger partial charge in [0.05, 0.1) is 0 Å². The van der Waals surface area contributed by atoms with Gasteiger partial charge >= 0.3 is 17.9 Å². The van der Waals surface area contributed by atoms with Gasteiger partial charge in [0, 0.05) is 19.3 Å². The fourth-order valence-corrected chi connectivity index (χ4v) is 8.92. The molecule has 64 heavy (non-hydrogen) atoms. The molecule has 0 amide bonds. The third-order valence-corrected chi connectivity index (χ3v) is 13.3. The van der Waals surface area contributed by atoms with E-state index in [1.165, 1.54) is 225 Å². The van der Waals surface area contributed by atoms with E-state index in [4.69, 9.17) is 14.2 Å². The van der Waals surface area contributed by atoms with Crippen LogP contribution in [-0.2, 0) is 28.6 Å². The van der Waals surface area contributed by atoms with Gasteiger partial charge in [0.1, 0.15) is 13.2 Å². The van der Waals surface area contributed by atoms with Crippen LogP contribution in [0.15, 0.2) is 0 Å². The number of unbranched alkanes of at least 4 members (excludes halogenated alkanes) is 40. The van der Waals surface area contributed by atoms with Crippen molar-refractivity contribution in [1.29, 1.82) is 0 Å². The van der Waals surface area contributed by atoms with Crippen LogP contribution in [0.3, 0.4) is 0 Å². The maximum Gasteiger partial charge on any atom is 0.306 e. The highest BCUT2D eigenvalue weighted by Crippen LogP contribution is 2.18. The fourth-order valence-electron chi connectivity index (χ4n) is 8.92. The van der Waals surface area contributed by atoms with E-state index in [0.29, 0.717) is 19.3 Å². The second-order valence-corrected chi connectivity index (χ2v) is 20.4. The number of carbonyl (C=O) groups is 3. The van der Waals surface area contributed by atoms with Crippen molar-refractivity contribution in [3.63, 3.8) is 0 Å². The summed E-state index contributed by atoms with van der Waals surface area (Å²) in [6, 6.07) is 0. The van der Waals surface area contributed by atoms with E-state index in [9.17, 15) is 14.4 Å². The number of ether oxygens (including phenoxy) is 3. The van der Waals surface area contributed by atoms with E-state index in [-0.39, 0.29) is 31.1 Å². The van der Waals surface area contributed by atoms with Crippen molar-refractivity contribution in [3.05, 3.63) is 0 Å². The zero-order valence-corrected chi connectivity index (χ0v) is 43.8. The Morgan fingerprint density at radius 3 is 0.766 bits per heavy atom. The smallest absolute Gasteiger partial charge is 0.306 e. The molecule has 0 rings (SSSR count). The predicted molar refractivity (Wildman–Crippen MR) is 275 cm³/mol. The van der Waals surface area contributed by atoms with Crippen molar-refractivity contribution < 1.29 is 28.6 Å². The van der Waals surface area contributed by atoms with Crippen LogP contribution in [0.25, 0.3) is 0 Å². The van der Waals surface area contributed by atoms with Gasteiger partial charge in [-0.15, -0.1) is 0 Å². The number of esters is 3. The van der Waals surface area contributed by atoms with Crippen LogP contribution in [-0.4, -0.2) is 37.2 Å². The summed E-state index contributed by atoms with van der Waals surface area (Å²) in [6.45, 7) is 9.06. The minimum atomic E-state index is -0.761. The fraction of sp³-hybridized carbons (Fsp3) is 0.948. The Morgan fingerprint density at radius 1 is 0.297 bits per heavy atom. The lowest BCUT2D eigenvalue weighted by molar-refractivity contribution is -0.167. The SMILES string of the molecule is CCCCCCCCCCCCCCCCCCCCC(=O)OC[C@H](COC(=O)CCCCCCCCCCCCCCC(C)C)OC(=O)CCCCCCCCCCCCCCC. The van der Waals surface area contributed by atoms with Crippen molar-refractivity contribution in [3.8, 4) is 0 Å². The average Bonchev–Trinajstić information content (AvgIpc) is 3.28. The van der Waals surface area contributed by atoms with Gasteiger partial charge in [-0.2, -0.15) is 0 Å². The van der Waals surface area contributed by atoms with E-state index in [1.807, 2.05) is 0 Å². The van der Waals surface area contributed by atoms with Crippen LogP contribution in [0, 0.1) is 5.92 Å². The number of hydrogen-bond donors (Lipinski definition) is 0. The lowest BCUT2D eigenvalue weighted by atomic mass is 10.0. The standard InChI is InChI=1S/C58H112O6/c1-5-7-9-11-13-15-17-19-20-21-22-23-25-29-33-37-41-45-49-56(59)62-52-55(64-58(61)51-47-43-39-35-31-24-18-16-14-12-10-8-6-2)53-63-57(60)50-46-42-38-34-30-27-26-28-32-36-40-44-48-54(3)4/h54-55H,5-53H2,1-4H3/t55-/m1/s1. The van der Waals surface area contributed by atoms with Gasteiger partial charge in [-0.3, -0.25) is 14.4 Å². The first-order chi connectivity index (χ1) is 31.4. The minimum Gasteiger partial charge on any atom is -0.462 e. The molecule has 380 valence electrons. The van der Waals surface area contributed by atoms with Crippen LogP contribution < -0.4 is 0 Å². The Bertz CT molecular complexity index is 964. The molecule has 0 radical (unpaired) electrons. The summed E-state index contributed by atoms with van der Waals surface area (Å²) in [5, 5.41) is 0. The maximum atomic E-state index is 12.8. The maximum absolute atomic E-state index is 12.8. The Balaban J connectivity index is 4.27. The van der Waals surface area contributed by atoms with Crippen molar-refractivity contribution in [1.82, 2.24) is 0 Å². The number of carbonyl (C=O) groups excluding carboxylic acids is 3. The molecule has 0 aliphatic heterocycles. The lowest BCUT2D eigenvalue weighted by Gasteiger charge is -2.18. The highest BCUT2D eigenvalue weighted by Gasteiger charge is 2.19. The van der Waals surface area contributed by atoms with Crippen molar-refractivity contribution in [2.24, 2.45) is 5.92 Å². The predicted octanol–water partition coefficient (Wildman–Crippen LogP) is 19.0. The third kappa shape index (κ3) is 51.4. The lowest BCUT2D eigenvalue weighted by Crippen LogP contribution is -2.30. The van der Waals surface area contributed by atoms with Gasteiger partial charge in [-0.25, -0.2) is 0 Å². The van der Waals surface area contributed by atoms with Crippen molar-refractivity contribution >= 4 is 17.9 Å². The molecule has 0 aliphatic rings. The molecular weight excluding hydrogens is 793 g/mol. The van der Waals surface area contributed by atoms with E-state index in [1.54, 1.807) is 0 Å². The van der Waals surface area contributed by atoms with Crippen LogP contribution in [0.2, 0.25) is 0 Å². The molecule has 0 unspecified atom stereocenters. The van der Waals surface area contributed by atoms with Crippen LogP contribution >= 0.6 is 0 Å². The zero-order chi connectivity index (χ0) is 46.7. The largest absolute Gasteiger partial charge is 0.462 e. The topological polar surface area (TPSA) is 78.9 Å². The molecule has 0 spiro atoms. The third-order valence-electron chi connectivity index (χ3n) is 13.3. The molecule has 0 saturated carbocycles. The first-order valence-corrected chi connectivity index (χ1v) is 28.9. The molecule has 0 heterocycles. The summed E-state index contributed by atoms with van der Waals surface area (Å²) in [4.78, 5) is 38.1. The molecule has 0 fully saturated rings. The molecule has 0 saturated heterocycles. The Morgan fingerprint density at radius 2 is 0.516 bits per heavy atom. The average molecular weight is 906 g/mol.